The molecule has 9 heteroatoms. The van der Waals surface area contributed by atoms with E-state index in [1.165, 1.54) is 64.2 Å². The third-order valence-electron chi connectivity index (χ3n) is 5.25. The average molecular weight is 500 g/mol. The van der Waals surface area contributed by atoms with Gasteiger partial charge >= 0.3 is 141 Å². The van der Waals surface area contributed by atoms with Crippen LogP contribution in [0.25, 0.3) is 0 Å². The number of likely N-dealkylation sites (N-methyl/N-ethyl adjacent to an activating group) is 1. The van der Waals surface area contributed by atoms with Crippen LogP contribution in [0.2, 0.25) is 0 Å². The van der Waals surface area contributed by atoms with E-state index < -0.39 is 13.7 Å². The number of ether oxygens (including phenoxy) is 1. The van der Waals surface area contributed by atoms with Crippen LogP contribution in [-0.4, -0.2) is 67.4 Å². The molecule has 0 rings (SSSR count). The van der Waals surface area contributed by atoms with Crippen molar-refractivity contribution < 1.29 is 28.6 Å². The summed E-state index contributed by atoms with van der Waals surface area (Å²) in [6.45, 7) is 2.98. The maximum absolute atomic E-state index is 11.8. The van der Waals surface area contributed by atoms with Crippen molar-refractivity contribution >= 4 is 22.5 Å². The van der Waals surface area contributed by atoms with Gasteiger partial charge in [-0.25, -0.2) is 0 Å². The molecule has 194 valence electrons. The van der Waals surface area contributed by atoms with Crippen molar-refractivity contribution in [2.75, 3.05) is 40.5 Å². The molecule has 2 N–H and O–H groups in total. The summed E-state index contributed by atoms with van der Waals surface area (Å²) in [6, 6.07) is 0. The van der Waals surface area contributed by atoms with Crippen molar-refractivity contribution in [2.45, 2.75) is 103 Å². The first-order valence-corrected chi connectivity index (χ1v) is 16.1. The summed E-state index contributed by atoms with van der Waals surface area (Å²) in [4.78, 5) is 23.8. The first-order valence-electron chi connectivity index (χ1n) is 12.5. The molecule has 0 aliphatic rings. The molecule has 0 radical (unpaired) electrons. The first kappa shape index (κ1) is 32.1. The van der Waals surface area contributed by atoms with Gasteiger partial charge in [0.05, 0.1) is 0 Å². The molecule has 2 unspecified atom stereocenters. The molecule has 0 aliphatic carbocycles. The number of aliphatic hydroxyl groups is 1. The number of hydrogen-bond donors (Lipinski definition) is 2. The van der Waals surface area contributed by atoms with Crippen LogP contribution in [0.1, 0.15) is 96.8 Å². The van der Waals surface area contributed by atoms with E-state index >= 15 is 0 Å². The molecular weight excluding hydrogens is 448 g/mol. The summed E-state index contributed by atoms with van der Waals surface area (Å²) in [5, 5.41) is 9.90. The van der Waals surface area contributed by atoms with Crippen LogP contribution in [0.5, 0.6) is 0 Å². The molecule has 2 atom stereocenters. The second-order valence-electron chi connectivity index (χ2n) is 8.92. The Bertz CT molecular complexity index is 441. The van der Waals surface area contributed by atoms with Gasteiger partial charge in [0.2, 0.25) is 0 Å². The molecular formula is C23H51NO6P2. The van der Waals surface area contributed by atoms with Gasteiger partial charge in [0.15, 0.2) is 0 Å². The SMILES string of the molecule is CCCCCCCCCCCCCCCC(=O)OCC(O)CO[PH](O)(P)OCCN(C)C. The summed E-state index contributed by atoms with van der Waals surface area (Å²) < 4.78 is 15.7. The molecule has 0 bridgehead atoms. The van der Waals surface area contributed by atoms with E-state index in [0.717, 1.165) is 19.3 Å². The summed E-state index contributed by atoms with van der Waals surface area (Å²) in [7, 11) is 2.65. The fourth-order valence-corrected chi connectivity index (χ4v) is 4.77. The monoisotopic (exact) mass is 499 g/mol. The molecule has 0 fully saturated rings. The van der Waals surface area contributed by atoms with Crippen molar-refractivity contribution in [2.24, 2.45) is 0 Å². The fourth-order valence-electron chi connectivity index (χ4n) is 3.23. The van der Waals surface area contributed by atoms with E-state index in [4.69, 9.17) is 13.8 Å². The Kier molecular flexibility index (Phi) is 21.7. The van der Waals surface area contributed by atoms with Crippen LogP contribution in [0.4, 0.5) is 0 Å². The van der Waals surface area contributed by atoms with Crippen LogP contribution in [0, 0.1) is 0 Å². The normalized spacial score (nSPS) is 13.5. The zero-order valence-corrected chi connectivity index (χ0v) is 23.0. The number of carbonyl (C=O) groups excluding carboxylic acids is 1. The number of aliphatic hydroxyl groups excluding tert-OH is 1. The molecule has 32 heavy (non-hydrogen) atoms. The Balaban J connectivity index is 3.51. The van der Waals surface area contributed by atoms with Gasteiger partial charge in [-0.1, -0.05) is 58.3 Å². The third-order valence-corrected chi connectivity index (χ3v) is 7.45. The molecule has 0 amide bonds. The van der Waals surface area contributed by atoms with Gasteiger partial charge < -0.3 is 0 Å². The standard InChI is InChI=1S/C23H51NO6P2/c1-4-5-6-7-8-9-10-11-12-13-14-15-16-17-23(26)28-20-22(25)21-30-32(27,31)29-19-18-24(2)3/h22,25,27,32H,4-21,31H2,1-3H3. The summed E-state index contributed by atoms with van der Waals surface area (Å²) >= 11 is 0. The van der Waals surface area contributed by atoms with Crippen molar-refractivity contribution in [3.05, 3.63) is 0 Å². The fraction of sp³-hybridized carbons (Fsp3) is 0.957. The van der Waals surface area contributed by atoms with Crippen LogP contribution < -0.4 is 0 Å². The number of hydrogen-bond acceptors (Lipinski definition) is 7. The number of esters is 1. The number of nitrogens with zero attached hydrogens (tertiary/aromatic N) is 1. The van der Waals surface area contributed by atoms with Crippen LogP contribution in [-0.2, 0) is 18.6 Å². The Labute approximate surface area is 199 Å². The van der Waals surface area contributed by atoms with E-state index in [9.17, 15) is 14.8 Å². The maximum atomic E-state index is 11.8. The van der Waals surface area contributed by atoms with E-state index in [1.807, 2.05) is 19.0 Å². The Hall–Kier alpha value is 0.130. The number of unbranched alkanes of at least 4 members (excludes halogenated alkanes) is 12. The third kappa shape index (κ3) is 23.3. The average Bonchev–Trinajstić information content (AvgIpc) is 2.73. The van der Waals surface area contributed by atoms with E-state index in [1.54, 1.807) is 0 Å². The van der Waals surface area contributed by atoms with Crippen molar-refractivity contribution in [1.82, 2.24) is 4.90 Å². The minimum atomic E-state index is -3.35. The van der Waals surface area contributed by atoms with Gasteiger partial charge in [-0.2, -0.15) is 0 Å². The van der Waals surface area contributed by atoms with E-state index in [2.05, 4.69) is 15.9 Å². The van der Waals surface area contributed by atoms with Gasteiger partial charge in [0.1, 0.15) is 0 Å². The van der Waals surface area contributed by atoms with Crippen LogP contribution in [0.3, 0.4) is 0 Å². The summed E-state index contributed by atoms with van der Waals surface area (Å²) in [5.41, 5.74) is 0. The molecule has 7 nitrogen and oxygen atoms in total. The molecule has 0 saturated carbocycles. The summed E-state index contributed by atoms with van der Waals surface area (Å²) in [5.74, 6) is -0.298. The second kappa shape index (κ2) is 21.6. The Morgan fingerprint density at radius 1 is 0.875 bits per heavy atom. The van der Waals surface area contributed by atoms with Crippen molar-refractivity contribution in [3.63, 3.8) is 0 Å². The zero-order valence-electron chi connectivity index (χ0n) is 20.9. The summed E-state index contributed by atoms with van der Waals surface area (Å²) in [6.07, 6.45) is 15.8. The van der Waals surface area contributed by atoms with Gasteiger partial charge in [-0.3, -0.25) is 0 Å². The van der Waals surface area contributed by atoms with Crippen LogP contribution in [0.15, 0.2) is 0 Å². The van der Waals surface area contributed by atoms with Crippen molar-refractivity contribution in [3.8, 4) is 0 Å². The first-order chi connectivity index (χ1) is 15.3. The predicted octanol–water partition coefficient (Wildman–Crippen LogP) is 5.24. The molecule has 0 saturated heterocycles. The second-order valence-corrected chi connectivity index (χ2v) is 13.0. The Morgan fingerprint density at radius 3 is 1.88 bits per heavy atom. The molecule has 0 spiro atoms. The predicted molar refractivity (Wildman–Crippen MR) is 138 cm³/mol. The topological polar surface area (TPSA) is 88.5 Å². The molecule has 0 aromatic rings. The molecule has 0 aromatic heterocycles. The van der Waals surface area contributed by atoms with Gasteiger partial charge in [0, 0.05) is 0 Å². The molecule has 0 heterocycles. The van der Waals surface area contributed by atoms with Crippen LogP contribution >= 0.6 is 16.6 Å². The minimum absolute atomic E-state index is 0.135. The quantitative estimate of drug-likeness (QED) is 0.113. The zero-order chi connectivity index (χ0) is 24.1. The number of rotatable bonds is 23. The number of carbonyl (C=O) groups is 1. The van der Waals surface area contributed by atoms with Crippen molar-refractivity contribution in [1.29, 1.82) is 0 Å². The Morgan fingerprint density at radius 2 is 1.38 bits per heavy atom. The van der Waals surface area contributed by atoms with Gasteiger partial charge in [-0.15, -0.1) is 0 Å². The molecule has 0 aromatic carbocycles. The van der Waals surface area contributed by atoms with Gasteiger partial charge in [0.25, 0.3) is 0 Å². The van der Waals surface area contributed by atoms with E-state index in [-0.39, 0.29) is 19.2 Å². The molecule has 0 aliphatic heterocycles. The van der Waals surface area contributed by atoms with E-state index in [0.29, 0.717) is 19.6 Å². The van der Waals surface area contributed by atoms with Gasteiger partial charge in [-0.05, 0) is 0 Å².